The van der Waals surface area contributed by atoms with E-state index >= 15 is 0 Å². The van der Waals surface area contributed by atoms with Crippen molar-refractivity contribution in [3.8, 4) is 0 Å². The van der Waals surface area contributed by atoms with Crippen molar-refractivity contribution in [3.63, 3.8) is 0 Å². The van der Waals surface area contributed by atoms with Crippen molar-refractivity contribution >= 4 is 28.3 Å². The first-order valence-corrected chi connectivity index (χ1v) is 11.1. The summed E-state index contributed by atoms with van der Waals surface area (Å²) in [7, 11) is 0. The monoisotopic (exact) mass is 397 g/mol. The Morgan fingerprint density at radius 1 is 1.38 bits per heavy atom. The highest BCUT2D eigenvalue weighted by molar-refractivity contribution is 7.91. The lowest BCUT2D eigenvalue weighted by Gasteiger charge is -2.34. The molecule has 2 unspecified atom stereocenters. The molecule has 144 valence electrons. The molecule has 3 N–H and O–H groups in total. The van der Waals surface area contributed by atoms with Crippen LogP contribution >= 0.6 is 0 Å². The molecule has 1 fully saturated rings. The van der Waals surface area contributed by atoms with Gasteiger partial charge in [0.1, 0.15) is 21.8 Å². The van der Waals surface area contributed by atoms with Gasteiger partial charge in [-0.3, -0.25) is 4.55 Å². The first-order chi connectivity index (χ1) is 12.2. The SMILES string of the molecule is CC(C)(C)[S+]([O-])N=C1c2cc(CNS(=O)O)ccc2CC12CCNCC2. The largest absolute Gasteiger partial charge is 0.591 e. The molecule has 1 aliphatic heterocycles. The Morgan fingerprint density at radius 3 is 2.69 bits per heavy atom. The third-order valence-corrected chi connectivity index (χ3v) is 6.91. The molecule has 3 rings (SSSR count). The second kappa shape index (κ2) is 7.69. The topological polar surface area (TPSA) is 96.8 Å². The van der Waals surface area contributed by atoms with E-state index in [-0.39, 0.29) is 5.41 Å². The van der Waals surface area contributed by atoms with E-state index in [1.807, 2.05) is 32.9 Å². The van der Waals surface area contributed by atoms with Crippen LogP contribution < -0.4 is 10.0 Å². The third-order valence-electron chi connectivity index (χ3n) is 5.12. The van der Waals surface area contributed by atoms with E-state index in [1.54, 1.807) is 0 Å². The molecule has 2 aliphatic rings. The van der Waals surface area contributed by atoms with E-state index in [1.165, 1.54) is 5.56 Å². The van der Waals surface area contributed by atoms with Crippen LogP contribution in [0.15, 0.2) is 22.6 Å². The summed E-state index contributed by atoms with van der Waals surface area (Å²) in [6.07, 6.45) is 2.88. The molecule has 0 amide bonds. The van der Waals surface area contributed by atoms with Crippen LogP contribution in [0.4, 0.5) is 0 Å². The lowest BCUT2D eigenvalue weighted by molar-refractivity contribution is 0.306. The van der Waals surface area contributed by atoms with Gasteiger partial charge >= 0.3 is 0 Å². The maximum Gasteiger partial charge on any atom is 0.232 e. The summed E-state index contributed by atoms with van der Waals surface area (Å²) >= 11 is -3.36. The summed E-state index contributed by atoms with van der Waals surface area (Å²) in [5.74, 6) is 0. The van der Waals surface area contributed by atoms with E-state index in [0.29, 0.717) is 6.54 Å². The van der Waals surface area contributed by atoms with Crippen LogP contribution in [0.25, 0.3) is 0 Å². The molecule has 0 radical (unpaired) electrons. The zero-order valence-corrected chi connectivity index (χ0v) is 17.1. The number of nitrogens with one attached hydrogen (secondary N) is 2. The Morgan fingerprint density at radius 2 is 2.08 bits per heavy atom. The fraction of sp³-hybridized carbons (Fsp3) is 0.611. The fourth-order valence-corrected chi connectivity index (χ4v) is 4.69. The molecule has 1 aromatic rings. The van der Waals surface area contributed by atoms with Gasteiger partial charge in [0.05, 0.1) is 0 Å². The summed E-state index contributed by atoms with van der Waals surface area (Å²) in [4.78, 5) is 0. The van der Waals surface area contributed by atoms with Crippen LogP contribution in [0.3, 0.4) is 0 Å². The van der Waals surface area contributed by atoms with Gasteiger partial charge in [-0.05, 0) is 70.3 Å². The van der Waals surface area contributed by atoms with Crippen LogP contribution in [0.5, 0.6) is 0 Å². The molecule has 1 aromatic carbocycles. The third kappa shape index (κ3) is 4.21. The molecule has 26 heavy (non-hydrogen) atoms. The molecule has 0 saturated carbocycles. The predicted octanol–water partition coefficient (Wildman–Crippen LogP) is 2.09. The van der Waals surface area contributed by atoms with Gasteiger partial charge in [-0.2, -0.15) is 0 Å². The molecule has 1 aliphatic carbocycles. The highest BCUT2D eigenvalue weighted by atomic mass is 32.2. The smallest absolute Gasteiger partial charge is 0.232 e. The van der Waals surface area contributed by atoms with Crippen molar-refractivity contribution < 1.29 is 13.3 Å². The van der Waals surface area contributed by atoms with Crippen LogP contribution in [0.1, 0.15) is 50.3 Å². The lowest BCUT2D eigenvalue weighted by atomic mass is 9.75. The van der Waals surface area contributed by atoms with Crippen molar-refractivity contribution in [2.45, 2.75) is 51.3 Å². The van der Waals surface area contributed by atoms with Gasteiger partial charge in [0.2, 0.25) is 11.3 Å². The first-order valence-electron chi connectivity index (χ1n) is 8.90. The molecule has 1 heterocycles. The molecule has 0 bridgehead atoms. The van der Waals surface area contributed by atoms with E-state index in [2.05, 4.69) is 16.1 Å². The normalized spacial score (nSPS) is 23.2. The zero-order chi connectivity index (χ0) is 18.9. The van der Waals surface area contributed by atoms with Crippen LogP contribution in [-0.2, 0) is 35.6 Å². The summed E-state index contributed by atoms with van der Waals surface area (Å²) in [5, 5.41) is 3.41. The first kappa shape index (κ1) is 20.0. The highest BCUT2D eigenvalue weighted by Crippen LogP contribution is 2.45. The number of fused-ring (bicyclic) bond motifs is 1. The quantitative estimate of drug-likeness (QED) is 0.535. The van der Waals surface area contributed by atoms with Gasteiger partial charge in [-0.15, -0.1) is 0 Å². The van der Waals surface area contributed by atoms with Crippen molar-refractivity contribution in [2.24, 2.45) is 9.81 Å². The second-order valence-corrected chi connectivity index (χ2v) is 10.8. The van der Waals surface area contributed by atoms with E-state index in [4.69, 9.17) is 8.95 Å². The van der Waals surface area contributed by atoms with Gasteiger partial charge in [-0.25, -0.2) is 8.93 Å². The zero-order valence-electron chi connectivity index (χ0n) is 15.5. The van der Waals surface area contributed by atoms with Gasteiger partial charge in [-0.1, -0.05) is 16.5 Å². The van der Waals surface area contributed by atoms with E-state index in [9.17, 15) is 8.76 Å². The maximum atomic E-state index is 12.8. The lowest BCUT2D eigenvalue weighted by Crippen LogP contribution is -2.42. The Kier molecular flexibility index (Phi) is 5.91. The molecule has 1 saturated heterocycles. The number of benzene rings is 1. The van der Waals surface area contributed by atoms with Crippen LogP contribution in [0, 0.1) is 5.41 Å². The molecular formula is C18H27N3O3S2. The molecule has 0 aromatic heterocycles. The molecule has 8 heteroatoms. The average Bonchev–Trinajstić information content (AvgIpc) is 2.85. The number of hydrogen-bond acceptors (Lipinski definition) is 4. The summed E-state index contributed by atoms with van der Waals surface area (Å²) in [6, 6.07) is 6.10. The molecular weight excluding hydrogens is 370 g/mol. The number of piperidine rings is 1. The van der Waals surface area contributed by atoms with Gasteiger partial charge < -0.3 is 9.87 Å². The van der Waals surface area contributed by atoms with Crippen molar-refractivity contribution in [1.82, 2.24) is 10.0 Å². The number of nitrogens with zero attached hydrogens (tertiary/aromatic N) is 1. The molecule has 6 nitrogen and oxygen atoms in total. The average molecular weight is 398 g/mol. The summed E-state index contributed by atoms with van der Waals surface area (Å²) in [5.41, 5.74) is 4.10. The standard InChI is InChI=1S/C18H27N3O3S2/c1-17(2,3)25(22)21-16-15-10-13(12-20-26(23)24)4-5-14(15)11-18(16)6-8-19-9-7-18/h4-5,10,19-20H,6-9,11-12H2,1-3H3,(H,23,24). The Hall–Kier alpha value is -0.770. The Bertz CT molecular complexity index is 725. The van der Waals surface area contributed by atoms with Crippen molar-refractivity contribution in [1.29, 1.82) is 0 Å². The minimum atomic E-state index is -2.04. The van der Waals surface area contributed by atoms with Crippen molar-refractivity contribution in [2.75, 3.05) is 13.1 Å². The second-order valence-electron chi connectivity index (χ2n) is 8.07. The van der Waals surface area contributed by atoms with Crippen molar-refractivity contribution in [3.05, 3.63) is 34.9 Å². The van der Waals surface area contributed by atoms with Gasteiger partial charge in [0.25, 0.3) is 0 Å². The van der Waals surface area contributed by atoms with E-state index < -0.39 is 27.4 Å². The Labute approximate surface area is 161 Å². The fourth-order valence-electron chi connectivity index (χ4n) is 3.67. The summed E-state index contributed by atoms with van der Waals surface area (Å²) < 4.78 is 39.5. The van der Waals surface area contributed by atoms with E-state index in [0.717, 1.165) is 49.2 Å². The summed E-state index contributed by atoms with van der Waals surface area (Å²) in [6.45, 7) is 8.00. The van der Waals surface area contributed by atoms with Gasteiger partial charge in [0.15, 0.2) is 0 Å². The predicted molar refractivity (Wildman–Crippen MR) is 107 cm³/mol. The molecule has 1 spiro atoms. The van der Waals surface area contributed by atoms with Gasteiger partial charge in [0, 0.05) is 17.5 Å². The minimum absolute atomic E-state index is 0.0552. The maximum absolute atomic E-state index is 12.8. The Balaban J connectivity index is 2.00. The number of hydrogen-bond donors (Lipinski definition) is 3. The minimum Gasteiger partial charge on any atom is -0.591 e. The number of rotatable bonds is 4. The van der Waals surface area contributed by atoms with Crippen LogP contribution in [0.2, 0.25) is 0 Å². The van der Waals surface area contributed by atoms with Crippen LogP contribution in [-0.4, -0.2) is 36.9 Å². The highest BCUT2D eigenvalue weighted by Gasteiger charge is 2.46. The molecule has 2 atom stereocenters.